The Bertz CT molecular complexity index is 409. The summed E-state index contributed by atoms with van der Waals surface area (Å²) in [5.74, 6) is 9.12. The molecule has 0 aliphatic heterocycles. The zero-order valence-corrected chi connectivity index (χ0v) is 20.0. The van der Waals surface area contributed by atoms with Crippen molar-refractivity contribution >= 4 is 11.8 Å². The van der Waals surface area contributed by atoms with Gasteiger partial charge in [-0.05, 0) is 90.5 Å². The molecular formula is C25H48S. The van der Waals surface area contributed by atoms with E-state index in [1.807, 2.05) is 11.8 Å². The normalized spacial score (nSPS) is 35.3. The summed E-state index contributed by atoms with van der Waals surface area (Å²) in [5, 5.41) is 0. The van der Waals surface area contributed by atoms with Gasteiger partial charge in [-0.2, -0.15) is 11.8 Å². The van der Waals surface area contributed by atoms with Crippen LogP contribution >= 0.6 is 11.8 Å². The molecule has 0 bridgehead atoms. The van der Waals surface area contributed by atoms with Gasteiger partial charge in [0, 0.05) is 0 Å². The van der Waals surface area contributed by atoms with Gasteiger partial charge in [0.25, 0.3) is 0 Å². The number of hydrogen-bond donors (Lipinski definition) is 0. The third-order valence-corrected chi connectivity index (χ3v) is 8.96. The molecule has 2 aliphatic carbocycles. The lowest BCUT2D eigenvalue weighted by Crippen LogP contribution is -2.49. The summed E-state index contributed by atoms with van der Waals surface area (Å²) in [7, 11) is 0. The lowest BCUT2D eigenvalue weighted by molar-refractivity contribution is -0.0708. The molecule has 0 radical (unpaired) electrons. The zero-order valence-electron chi connectivity index (χ0n) is 19.2. The van der Waals surface area contributed by atoms with Gasteiger partial charge in [0.2, 0.25) is 0 Å². The number of rotatable bonds is 10. The van der Waals surface area contributed by atoms with Crippen molar-refractivity contribution in [3.05, 3.63) is 0 Å². The lowest BCUT2D eigenvalue weighted by atomic mass is 9.49. The van der Waals surface area contributed by atoms with Gasteiger partial charge >= 0.3 is 0 Å². The predicted molar refractivity (Wildman–Crippen MR) is 121 cm³/mol. The Kier molecular flexibility index (Phi) is 8.45. The summed E-state index contributed by atoms with van der Waals surface area (Å²) in [4.78, 5) is 0. The van der Waals surface area contributed by atoms with Gasteiger partial charge in [0.15, 0.2) is 0 Å². The van der Waals surface area contributed by atoms with Crippen LogP contribution in [0.15, 0.2) is 0 Å². The molecule has 0 N–H and O–H groups in total. The van der Waals surface area contributed by atoms with Gasteiger partial charge in [-0.15, -0.1) is 0 Å². The molecule has 2 fully saturated rings. The molecule has 2 saturated carbocycles. The van der Waals surface area contributed by atoms with Gasteiger partial charge in [-0.25, -0.2) is 0 Å². The molecule has 8 atom stereocenters. The predicted octanol–water partition coefficient (Wildman–Crippen LogP) is 8.16. The lowest BCUT2D eigenvalue weighted by Gasteiger charge is -2.56. The maximum Gasteiger partial charge on any atom is -0.00444 e. The fourth-order valence-electron chi connectivity index (χ4n) is 6.81. The number of thioether (sulfide) groups is 1. The van der Waals surface area contributed by atoms with E-state index >= 15 is 0 Å². The average molecular weight is 381 g/mol. The molecule has 8 unspecified atom stereocenters. The van der Waals surface area contributed by atoms with E-state index in [4.69, 9.17) is 0 Å². The smallest absolute Gasteiger partial charge is 0.00444 e. The largest absolute Gasteiger partial charge is 0.165 e. The van der Waals surface area contributed by atoms with Crippen molar-refractivity contribution < 1.29 is 0 Å². The highest BCUT2D eigenvalue weighted by Gasteiger charge is 2.50. The van der Waals surface area contributed by atoms with Gasteiger partial charge in [-0.1, -0.05) is 67.7 Å². The minimum absolute atomic E-state index is 0.478. The molecule has 2 aliphatic rings. The molecule has 0 saturated heterocycles. The molecule has 0 heterocycles. The minimum Gasteiger partial charge on any atom is -0.165 e. The van der Waals surface area contributed by atoms with Gasteiger partial charge < -0.3 is 0 Å². The fourth-order valence-corrected chi connectivity index (χ4v) is 7.52. The maximum absolute atomic E-state index is 2.58. The first-order valence-electron chi connectivity index (χ1n) is 11.7. The second-order valence-electron chi connectivity index (χ2n) is 11.3. The minimum atomic E-state index is 0.478. The first-order chi connectivity index (χ1) is 12.2. The standard InChI is InChI=1S/C25H48S/c1-9-10-20(14-19(4)22-12-11-18(22)3)23-15-21(13-17(2)16-26-8)24(23)25(5,6)7/h17-24H,9-16H2,1-8H3. The third-order valence-electron chi connectivity index (χ3n) is 8.06. The topological polar surface area (TPSA) is 0 Å². The first kappa shape index (κ1) is 22.6. The summed E-state index contributed by atoms with van der Waals surface area (Å²) in [6, 6.07) is 0. The van der Waals surface area contributed by atoms with E-state index in [1.54, 1.807) is 0 Å². The monoisotopic (exact) mass is 380 g/mol. The van der Waals surface area contributed by atoms with Crippen molar-refractivity contribution in [3.63, 3.8) is 0 Å². The Morgan fingerprint density at radius 2 is 1.77 bits per heavy atom. The highest BCUT2D eigenvalue weighted by atomic mass is 32.2. The fraction of sp³-hybridized carbons (Fsp3) is 1.00. The van der Waals surface area contributed by atoms with E-state index in [0.29, 0.717) is 5.41 Å². The van der Waals surface area contributed by atoms with Crippen molar-refractivity contribution in [2.24, 2.45) is 52.8 Å². The van der Waals surface area contributed by atoms with Gasteiger partial charge in [0.1, 0.15) is 0 Å². The SMILES string of the molecule is CCCC(CC(C)C1CCC1C)C1CC(CC(C)CSC)C1C(C)(C)C. The molecular weight excluding hydrogens is 332 g/mol. The Morgan fingerprint density at radius 3 is 2.23 bits per heavy atom. The van der Waals surface area contributed by atoms with Gasteiger partial charge in [0.05, 0.1) is 0 Å². The van der Waals surface area contributed by atoms with Crippen LogP contribution in [0.3, 0.4) is 0 Å². The van der Waals surface area contributed by atoms with Crippen LogP contribution in [0, 0.1) is 52.8 Å². The van der Waals surface area contributed by atoms with Crippen LogP contribution in [0.1, 0.15) is 93.4 Å². The summed E-state index contributed by atoms with van der Waals surface area (Å²) in [6.07, 6.45) is 12.6. The first-order valence-corrected chi connectivity index (χ1v) is 13.1. The van der Waals surface area contributed by atoms with Crippen LogP contribution in [0.4, 0.5) is 0 Å². The van der Waals surface area contributed by atoms with E-state index in [9.17, 15) is 0 Å². The Morgan fingerprint density at radius 1 is 1.08 bits per heavy atom. The molecule has 154 valence electrons. The third kappa shape index (κ3) is 5.45. The Balaban J connectivity index is 2.01. The van der Waals surface area contributed by atoms with Crippen LogP contribution in [-0.2, 0) is 0 Å². The summed E-state index contributed by atoms with van der Waals surface area (Å²) in [5.41, 5.74) is 0.478. The number of hydrogen-bond acceptors (Lipinski definition) is 1. The second-order valence-corrected chi connectivity index (χ2v) is 12.2. The maximum atomic E-state index is 2.58. The highest BCUT2D eigenvalue weighted by Crippen LogP contribution is 2.57. The van der Waals surface area contributed by atoms with Crippen molar-refractivity contribution in [1.29, 1.82) is 0 Å². The van der Waals surface area contributed by atoms with Crippen molar-refractivity contribution in [2.45, 2.75) is 93.4 Å². The Labute approximate surface area is 170 Å². The van der Waals surface area contributed by atoms with Crippen molar-refractivity contribution in [2.75, 3.05) is 12.0 Å². The molecule has 0 aromatic heterocycles. The van der Waals surface area contributed by atoms with Crippen LogP contribution in [0.2, 0.25) is 0 Å². The quantitative estimate of drug-likeness (QED) is 0.368. The van der Waals surface area contributed by atoms with Crippen molar-refractivity contribution in [1.82, 2.24) is 0 Å². The Hall–Kier alpha value is 0.350. The summed E-state index contributed by atoms with van der Waals surface area (Å²) in [6.45, 7) is 17.5. The molecule has 0 nitrogen and oxygen atoms in total. The second kappa shape index (κ2) is 9.71. The highest BCUT2D eigenvalue weighted by molar-refractivity contribution is 7.98. The van der Waals surface area contributed by atoms with Crippen molar-refractivity contribution in [3.8, 4) is 0 Å². The van der Waals surface area contributed by atoms with E-state index < -0.39 is 0 Å². The molecule has 1 heteroatoms. The molecule has 0 amide bonds. The van der Waals surface area contributed by atoms with Crippen LogP contribution in [0.5, 0.6) is 0 Å². The van der Waals surface area contributed by atoms with E-state index in [-0.39, 0.29) is 0 Å². The van der Waals surface area contributed by atoms with Gasteiger partial charge in [-0.3, -0.25) is 0 Å². The summed E-state index contributed by atoms with van der Waals surface area (Å²) < 4.78 is 0. The van der Waals surface area contributed by atoms with Crippen LogP contribution in [0.25, 0.3) is 0 Å². The van der Waals surface area contributed by atoms with E-state index in [1.165, 1.54) is 50.7 Å². The molecule has 26 heavy (non-hydrogen) atoms. The molecule has 0 aromatic carbocycles. The molecule has 0 aromatic rings. The molecule has 0 spiro atoms. The van der Waals surface area contributed by atoms with E-state index in [2.05, 4.69) is 54.7 Å². The zero-order chi connectivity index (χ0) is 19.5. The summed E-state index contributed by atoms with van der Waals surface area (Å²) >= 11 is 2.03. The van der Waals surface area contributed by atoms with E-state index in [0.717, 1.165) is 47.3 Å². The van der Waals surface area contributed by atoms with Crippen LogP contribution < -0.4 is 0 Å². The van der Waals surface area contributed by atoms with Crippen LogP contribution in [-0.4, -0.2) is 12.0 Å². The molecule has 2 rings (SSSR count). The average Bonchev–Trinajstić information content (AvgIpc) is 2.47.